The van der Waals surface area contributed by atoms with E-state index in [1.807, 2.05) is 11.4 Å². The van der Waals surface area contributed by atoms with Crippen molar-refractivity contribution in [2.24, 2.45) is 0 Å². The van der Waals surface area contributed by atoms with Crippen LogP contribution in [-0.2, 0) is 4.79 Å². The van der Waals surface area contributed by atoms with E-state index in [2.05, 4.69) is 20.6 Å². The highest BCUT2D eigenvalue weighted by Gasteiger charge is 2.07. The fourth-order valence-electron chi connectivity index (χ4n) is 1.38. The van der Waals surface area contributed by atoms with E-state index in [4.69, 9.17) is 11.6 Å². The van der Waals surface area contributed by atoms with E-state index in [0.29, 0.717) is 18.8 Å². The van der Waals surface area contributed by atoms with Crippen molar-refractivity contribution >= 4 is 44.9 Å². The molecule has 5 nitrogen and oxygen atoms in total. The van der Waals surface area contributed by atoms with Gasteiger partial charge in [0, 0.05) is 20.0 Å². The van der Waals surface area contributed by atoms with Gasteiger partial charge in [-0.2, -0.15) is 0 Å². The van der Waals surface area contributed by atoms with Crippen LogP contribution in [0.2, 0.25) is 5.28 Å². The number of aromatic nitrogens is 2. The molecule has 0 spiro atoms. The molecule has 0 radical (unpaired) electrons. The average molecular weight is 271 g/mol. The number of carbonyl (C=O) groups excluding carboxylic acids is 1. The summed E-state index contributed by atoms with van der Waals surface area (Å²) in [7, 11) is 1.61. The van der Waals surface area contributed by atoms with Crippen LogP contribution < -0.4 is 10.6 Å². The molecule has 0 atom stereocenters. The maximum absolute atomic E-state index is 11.1. The molecule has 2 rings (SSSR count). The van der Waals surface area contributed by atoms with Crippen molar-refractivity contribution in [3.8, 4) is 0 Å². The lowest BCUT2D eigenvalue weighted by Crippen LogP contribution is -2.21. The number of hydrogen-bond acceptors (Lipinski definition) is 5. The second kappa shape index (κ2) is 5.29. The van der Waals surface area contributed by atoms with E-state index in [9.17, 15) is 4.79 Å². The quantitative estimate of drug-likeness (QED) is 0.833. The molecule has 0 unspecified atom stereocenters. The Balaban J connectivity index is 2.12. The summed E-state index contributed by atoms with van der Waals surface area (Å²) in [5.74, 6) is 0.657. The van der Waals surface area contributed by atoms with Gasteiger partial charge in [-0.1, -0.05) is 0 Å². The topological polar surface area (TPSA) is 66.9 Å². The van der Waals surface area contributed by atoms with Gasteiger partial charge >= 0.3 is 0 Å². The molecular weight excluding hydrogens is 260 g/mol. The molecule has 2 heterocycles. The maximum Gasteiger partial charge on any atom is 0.225 e. The minimum atomic E-state index is -0.0146. The van der Waals surface area contributed by atoms with Crippen molar-refractivity contribution in [3.05, 3.63) is 16.7 Å². The number of halogens is 1. The summed E-state index contributed by atoms with van der Waals surface area (Å²) >= 11 is 7.32. The Morgan fingerprint density at radius 3 is 3.12 bits per heavy atom. The Hall–Kier alpha value is -1.40. The van der Waals surface area contributed by atoms with E-state index in [0.717, 1.165) is 10.2 Å². The molecule has 0 bridgehead atoms. The van der Waals surface area contributed by atoms with E-state index in [-0.39, 0.29) is 11.2 Å². The van der Waals surface area contributed by atoms with Gasteiger partial charge in [0.2, 0.25) is 11.2 Å². The molecule has 2 aromatic rings. The Kier molecular flexibility index (Phi) is 3.75. The first-order valence-electron chi connectivity index (χ1n) is 5.06. The Morgan fingerprint density at radius 1 is 1.53 bits per heavy atom. The van der Waals surface area contributed by atoms with Crippen molar-refractivity contribution in [2.45, 2.75) is 6.42 Å². The summed E-state index contributed by atoms with van der Waals surface area (Å²) in [4.78, 5) is 20.1. The molecule has 17 heavy (non-hydrogen) atoms. The number of anilines is 1. The normalized spacial score (nSPS) is 10.5. The number of hydrogen-bond donors (Lipinski definition) is 2. The fraction of sp³-hybridized carbons (Fsp3) is 0.300. The van der Waals surface area contributed by atoms with Crippen LogP contribution in [-0.4, -0.2) is 29.5 Å². The highest BCUT2D eigenvalue weighted by atomic mass is 35.5. The summed E-state index contributed by atoms with van der Waals surface area (Å²) < 4.78 is 0. The standard InChI is InChI=1S/C10H11ClN4OS/c1-12-7(16)2-4-13-8-6-3-5-17-9(6)15-10(11)14-8/h3,5H,2,4H2,1H3,(H,12,16)(H,13,14,15). The summed E-state index contributed by atoms with van der Waals surface area (Å²) in [6.45, 7) is 0.512. The Bertz CT molecular complexity index is 542. The number of nitrogens with zero attached hydrogens (tertiary/aromatic N) is 2. The van der Waals surface area contributed by atoms with Crippen molar-refractivity contribution in [1.82, 2.24) is 15.3 Å². The molecule has 0 fully saturated rings. The van der Waals surface area contributed by atoms with Gasteiger partial charge in [0.05, 0.1) is 5.39 Å². The van der Waals surface area contributed by atoms with Gasteiger partial charge in [-0.15, -0.1) is 11.3 Å². The molecule has 2 N–H and O–H groups in total. The first kappa shape index (κ1) is 12.1. The third-order valence-corrected chi connectivity index (χ3v) is 3.20. The lowest BCUT2D eigenvalue weighted by molar-refractivity contribution is -0.120. The van der Waals surface area contributed by atoms with E-state index in [1.165, 1.54) is 11.3 Å². The second-order valence-corrected chi connectivity index (χ2v) is 4.56. The molecule has 0 aliphatic heterocycles. The van der Waals surface area contributed by atoms with Gasteiger partial charge in [-0.3, -0.25) is 4.79 Å². The predicted octanol–water partition coefficient (Wildman–Crippen LogP) is 1.89. The molecular formula is C10H11ClN4OS. The molecule has 0 aliphatic rings. The van der Waals surface area contributed by atoms with Crippen molar-refractivity contribution in [3.63, 3.8) is 0 Å². The molecule has 0 aliphatic carbocycles. The number of rotatable bonds is 4. The zero-order valence-electron chi connectivity index (χ0n) is 9.16. The fourth-order valence-corrected chi connectivity index (χ4v) is 2.37. The molecule has 7 heteroatoms. The van der Waals surface area contributed by atoms with Gasteiger partial charge in [-0.25, -0.2) is 9.97 Å². The first-order valence-corrected chi connectivity index (χ1v) is 6.31. The third kappa shape index (κ3) is 2.83. The predicted molar refractivity (Wildman–Crippen MR) is 69.6 cm³/mol. The summed E-state index contributed by atoms with van der Waals surface area (Å²) in [6.07, 6.45) is 0.393. The summed E-state index contributed by atoms with van der Waals surface area (Å²) in [6, 6.07) is 1.93. The van der Waals surface area contributed by atoms with E-state index >= 15 is 0 Å². The average Bonchev–Trinajstić information content (AvgIpc) is 2.76. The summed E-state index contributed by atoms with van der Waals surface area (Å²) in [5.41, 5.74) is 0. The second-order valence-electron chi connectivity index (χ2n) is 3.33. The SMILES string of the molecule is CNC(=O)CCNc1nc(Cl)nc2sccc12. The lowest BCUT2D eigenvalue weighted by Gasteiger charge is -2.06. The number of fused-ring (bicyclic) bond motifs is 1. The zero-order chi connectivity index (χ0) is 12.3. The van der Waals surface area contributed by atoms with Gasteiger partial charge in [0.25, 0.3) is 0 Å². The Morgan fingerprint density at radius 2 is 2.35 bits per heavy atom. The minimum Gasteiger partial charge on any atom is -0.369 e. The van der Waals surface area contributed by atoms with Crippen LogP contribution in [0.4, 0.5) is 5.82 Å². The highest BCUT2D eigenvalue weighted by Crippen LogP contribution is 2.26. The van der Waals surface area contributed by atoms with Gasteiger partial charge in [0.1, 0.15) is 10.6 Å². The molecule has 0 saturated carbocycles. The summed E-state index contributed by atoms with van der Waals surface area (Å²) in [5, 5.41) is 8.72. The van der Waals surface area contributed by atoms with Gasteiger partial charge < -0.3 is 10.6 Å². The van der Waals surface area contributed by atoms with Crippen LogP contribution in [0.1, 0.15) is 6.42 Å². The van der Waals surface area contributed by atoms with E-state index in [1.54, 1.807) is 7.05 Å². The maximum atomic E-state index is 11.1. The van der Waals surface area contributed by atoms with Crippen LogP contribution in [0.5, 0.6) is 0 Å². The van der Waals surface area contributed by atoms with Crippen molar-refractivity contribution < 1.29 is 4.79 Å². The van der Waals surface area contributed by atoms with Gasteiger partial charge in [-0.05, 0) is 23.0 Å². The van der Waals surface area contributed by atoms with Crippen molar-refractivity contribution in [2.75, 3.05) is 18.9 Å². The molecule has 0 aromatic carbocycles. The van der Waals surface area contributed by atoms with Crippen LogP contribution >= 0.6 is 22.9 Å². The van der Waals surface area contributed by atoms with Gasteiger partial charge in [0.15, 0.2) is 0 Å². The monoisotopic (exact) mass is 270 g/mol. The largest absolute Gasteiger partial charge is 0.369 e. The third-order valence-electron chi connectivity index (χ3n) is 2.22. The van der Waals surface area contributed by atoms with Crippen molar-refractivity contribution in [1.29, 1.82) is 0 Å². The van der Waals surface area contributed by atoms with Crippen LogP contribution in [0.25, 0.3) is 10.2 Å². The molecule has 1 amide bonds. The van der Waals surface area contributed by atoms with Crippen LogP contribution in [0, 0.1) is 0 Å². The van der Waals surface area contributed by atoms with Crippen LogP contribution in [0.3, 0.4) is 0 Å². The number of thiophene rings is 1. The molecule has 90 valence electrons. The minimum absolute atomic E-state index is 0.0146. The number of amides is 1. The highest BCUT2D eigenvalue weighted by molar-refractivity contribution is 7.16. The lowest BCUT2D eigenvalue weighted by atomic mass is 10.3. The Labute approximate surface area is 107 Å². The number of carbonyl (C=O) groups is 1. The van der Waals surface area contributed by atoms with E-state index < -0.39 is 0 Å². The number of nitrogens with one attached hydrogen (secondary N) is 2. The van der Waals surface area contributed by atoms with Crippen LogP contribution in [0.15, 0.2) is 11.4 Å². The molecule has 0 saturated heterocycles. The molecule has 2 aromatic heterocycles. The first-order chi connectivity index (χ1) is 8.20. The smallest absolute Gasteiger partial charge is 0.225 e. The zero-order valence-corrected chi connectivity index (χ0v) is 10.7.